The minimum Gasteiger partial charge on any atom is -0.465 e. The number of ether oxygens (including phenoxy) is 1. The van der Waals surface area contributed by atoms with E-state index >= 15 is 0 Å². The number of ketones is 1. The SMILES string of the molecule is CC(=O)C1C2c3ccccc3O[C@]1(C)N=c1sc(=Cc3ccc(-c4ccc(Br)cc4)o3)c(=O)n12. The zero-order valence-corrected chi connectivity index (χ0v) is 20.7. The number of rotatable bonds is 3. The van der Waals surface area contributed by atoms with Crippen molar-refractivity contribution in [1.82, 2.24) is 4.57 Å². The fourth-order valence-corrected chi connectivity index (χ4v) is 6.23. The third-order valence-electron chi connectivity index (χ3n) is 6.35. The Morgan fingerprint density at radius 1 is 1.15 bits per heavy atom. The molecule has 2 aliphatic heterocycles. The normalized spacial score (nSPS) is 23.0. The predicted octanol–water partition coefficient (Wildman–Crippen LogP) is 4.30. The lowest BCUT2D eigenvalue weighted by atomic mass is 9.79. The fraction of sp³-hybridized carbons (Fsp3) is 0.192. The zero-order chi connectivity index (χ0) is 23.6. The number of para-hydroxylation sites is 1. The number of furan rings is 1. The van der Waals surface area contributed by atoms with Gasteiger partial charge in [0.25, 0.3) is 5.56 Å². The molecule has 2 aromatic heterocycles. The van der Waals surface area contributed by atoms with Crippen LogP contribution in [0.15, 0.2) is 79.3 Å². The van der Waals surface area contributed by atoms with Crippen molar-refractivity contribution < 1.29 is 13.9 Å². The van der Waals surface area contributed by atoms with Crippen molar-refractivity contribution in [3.8, 4) is 17.1 Å². The molecule has 6 nitrogen and oxygen atoms in total. The predicted molar refractivity (Wildman–Crippen MR) is 133 cm³/mol. The highest BCUT2D eigenvalue weighted by atomic mass is 79.9. The molecule has 0 aliphatic carbocycles. The number of benzene rings is 2. The summed E-state index contributed by atoms with van der Waals surface area (Å²) >= 11 is 4.72. The number of hydrogen-bond acceptors (Lipinski definition) is 6. The molecule has 34 heavy (non-hydrogen) atoms. The number of halogens is 1. The Kier molecular flexibility index (Phi) is 4.79. The highest BCUT2D eigenvalue weighted by Crippen LogP contribution is 2.47. The summed E-state index contributed by atoms with van der Waals surface area (Å²) in [5.41, 5.74) is 0.497. The van der Waals surface area contributed by atoms with Crippen molar-refractivity contribution in [3.63, 3.8) is 0 Å². The minimum atomic E-state index is -1.07. The van der Waals surface area contributed by atoms with Crippen LogP contribution in [0.5, 0.6) is 5.75 Å². The number of carbonyl (C=O) groups excluding carboxylic acids is 1. The lowest BCUT2D eigenvalue weighted by Crippen LogP contribution is -2.58. The topological polar surface area (TPSA) is 73.8 Å². The van der Waals surface area contributed by atoms with Gasteiger partial charge in [0.05, 0.1) is 10.6 Å². The third kappa shape index (κ3) is 3.24. The first kappa shape index (κ1) is 21.3. The van der Waals surface area contributed by atoms with E-state index in [0.717, 1.165) is 15.6 Å². The fourth-order valence-electron chi connectivity index (χ4n) is 4.89. The van der Waals surface area contributed by atoms with Crippen LogP contribution < -0.4 is 19.6 Å². The van der Waals surface area contributed by atoms with E-state index in [2.05, 4.69) is 15.9 Å². The van der Waals surface area contributed by atoms with Gasteiger partial charge in [-0.2, -0.15) is 0 Å². The van der Waals surface area contributed by atoms with Gasteiger partial charge >= 0.3 is 0 Å². The zero-order valence-electron chi connectivity index (χ0n) is 18.3. The van der Waals surface area contributed by atoms with E-state index in [4.69, 9.17) is 14.1 Å². The molecular formula is C26H19BrN2O4S. The van der Waals surface area contributed by atoms with Crippen LogP contribution in [0.3, 0.4) is 0 Å². The summed E-state index contributed by atoms with van der Waals surface area (Å²) < 4.78 is 15.3. The summed E-state index contributed by atoms with van der Waals surface area (Å²) in [6, 6.07) is 18.6. The van der Waals surface area contributed by atoms with Crippen LogP contribution in [0.4, 0.5) is 0 Å². The molecule has 2 aliphatic rings. The Morgan fingerprint density at radius 3 is 2.68 bits per heavy atom. The molecule has 0 saturated carbocycles. The largest absolute Gasteiger partial charge is 0.465 e. The molecule has 0 radical (unpaired) electrons. The van der Waals surface area contributed by atoms with Crippen molar-refractivity contribution in [2.24, 2.45) is 10.9 Å². The molecule has 0 spiro atoms. The first-order valence-corrected chi connectivity index (χ1v) is 12.4. The maximum atomic E-state index is 13.6. The van der Waals surface area contributed by atoms with Crippen LogP contribution >= 0.6 is 27.3 Å². The Morgan fingerprint density at radius 2 is 1.91 bits per heavy atom. The van der Waals surface area contributed by atoms with Gasteiger partial charge in [0.15, 0.2) is 4.80 Å². The molecule has 2 bridgehead atoms. The molecule has 4 aromatic rings. The van der Waals surface area contributed by atoms with Gasteiger partial charge < -0.3 is 9.15 Å². The standard InChI is InChI=1S/C26H19BrN2O4S/c1-14(30)22-23-18-5-3-4-6-20(18)33-26(22,2)28-25-29(23)24(31)21(34-25)13-17-11-12-19(32-17)15-7-9-16(27)10-8-15/h3-13,22-23H,1-2H3/t22?,23?,26-/m0/s1. The third-order valence-corrected chi connectivity index (χ3v) is 7.86. The number of Topliss-reactive ketones (excluding diaryl/α,β-unsaturated/α-hetero) is 1. The second-order valence-corrected chi connectivity index (χ2v) is 10.5. The average molecular weight is 535 g/mol. The number of thiazole rings is 1. The number of carbonyl (C=O) groups is 1. The van der Waals surface area contributed by atoms with Crippen LogP contribution in [-0.4, -0.2) is 16.1 Å². The van der Waals surface area contributed by atoms with E-state index in [0.29, 0.717) is 26.6 Å². The van der Waals surface area contributed by atoms with Crippen molar-refractivity contribution in [1.29, 1.82) is 0 Å². The van der Waals surface area contributed by atoms with E-state index in [9.17, 15) is 9.59 Å². The van der Waals surface area contributed by atoms with Crippen molar-refractivity contribution in [3.05, 3.63) is 96.1 Å². The molecule has 4 heterocycles. The summed E-state index contributed by atoms with van der Waals surface area (Å²) in [6.45, 7) is 3.35. The quantitative estimate of drug-likeness (QED) is 0.392. The average Bonchev–Trinajstić information content (AvgIpc) is 3.37. The van der Waals surface area contributed by atoms with Crippen molar-refractivity contribution in [2.75, 3.05) is 0 Å². The van der Waals surface area contributed by atoms with E-state index in [1.807, 2.05) is 67.6 Å². The van der Waals surface area contributed by atoms with Gasteiger partial charge in [0.1, 0.15) is 29.0 Å². The number of hydrogen-bond donors (Lipinski definition) is 0. The summed E-state index contributed by atoms with van der Waals surface area (Å²) in [6.07, 6.45) is 1.73. The van der Waals surface area contributed by atoms with Crippen LogP contribution in [0.25, 0.3) is 17.4 Å². The highest BCUT2D eigenvalue weighted by Gasteiger charge is 2.53. The van der Waals surface area contributed by atoms with Gasteiger partial charge in [0, 0.05) is 21.7 Å². The maximum Gasteiger partial charge on any atom is 0.271 e. The van der Waals surface area contributed by atoms with Gasteiger partial charge in [-0.25, -0.2) is 4.99 Å². The van der Waals surface area contributed by atoms with E-state index in [1.165, 1.54) is 18.3 Å². The highest BCUT2D eigenvalue weighted by molar-refractivity contribution is 9.10. The monoisotopic (exact) mass is 534 g/mol. The van der Waals surface area contributed by atoms with E-state index < -0.39 is 17.7 Å². The Labute approximate surface area is 207 Å². The summed E-state index contributed by atoms with van der Waals surface area (Å²) in [4.78, 5) is 31.6. The molecule has 8 heteroatoms. The lowest BCUT2D eigenvalue weighted by molar-refractivity contribution is -0.132. The summed E-state index contributed by atoms with van der Waals surface area (Å²) in [7, 11) is 0. The molecule has 0 amide bonds. The second-order valence-electron chi connectivity index (χ2n) is 8.62. The molecular weight excluding hydrogens is 516 g/mol. The van der Waals surface area contributed by atoms with Gasteiger partial charge in [-0.1, -0.05) is 57.6 Å². The lowest BCUT2D eigenvalue weighted by Gasteiger charge is -2.45. The Hall–Kier alpha value is -3.23. The molecule has 6 rings (SSSR count). The van der Waals surface area contributed by atoms with E-state index in [1.54, 1.807) is 10.6 Å². The summed E-state index contributed by atoms with van der Waals surface area (Å²) in [5, 5.41) is 0. The van der Waals surface area contributed by atoms with Crippen LogP contribution in [0.2, 0.25) is 0 Å². The summed E-state index contributed by atoms with van der Waals surface area (Å²) in [5.74, 6) is 1.28. The van der Waals surface area contributed by atoms with Gasteiger partial charge in [0.2, 0.25) is 5.72 Å². The number of fused-ring (bicyclic) bond motifs is 6. The Balaban J connectivity index is 1.51. The number of aromatic nitrogens is 1. The van der Waals surface area contributed by atoms with Crippen LogP contribution in [0, 0.1) is 5.92 Å². The van der Waals surface area contributed by atoms with Crippen LogP contribution in [0.1, 0.15) is 31.2 Å². The van der Waals surface area contributed by atoms with Crippen molar-refractivity contribution >= 4 is 39.1 Å². The molecule has 3 atom stereocenters. The molecule has 0 fully saturated rings. The molecule has 0 saturated heterocycles. The first-order valence-electron chi connectivity index (χ1n) is 10.8. The smallest absolute Gasteiger partial charge is 0.271 e. The first-order chi connectivity index (χ1) is 16.3. The number of nitrogens with zero attached hydrogens (tertiary/aromatic N) is 2. The van der Waals surface area contributed by atoms with Gasteiger partial charge in [-0.3, -0.25) is 14.2 Å². The van der Waals surface area contributed by atoms with E-state index in [-0.39, 0.29) is 11.3 Å². The van der Waals surface area contributed by atoms with Gasteiger partial charge in [-0.05, 0) is 44.2 Å². The van der Waals surface area contributed by atoms with Crippen molar-refractivity contribution in [2.45, 2.75) is 25.6 Å². The molecule has 170 valence electrons. The van der Waals surface area contributed by atoms with Crippen LogP contribution in [-0.2, 0) is 4.79 Å². The molecule has 2 aromatic carbocycles. The van der Waals surface area contributed by atoms with Gasteiger partial charge in [-0.15, -0.1) is 0 Å². The Bertz CT molecular complexity index is 1630. The molecule has 0 N–H and O–H groups in total. The second kappa shape index (κ2) is 7.65. The molecule has 2 unspecified atom stereocenters. The maximum absolute atomic E-state index is 13.6. The minimum absolute atomic E-state index is 0.0646.